The van der Waals surface area contributed by atoms with Crippen LogP contribution in [-0.4, -0.2) is 30.1 Å². The minimum Gasteiger partial charge on any atom is -0.464 e. The van der Waals surface area contributed by atoms with Crippen LogP contribution in [0.4, 0.5) is 5.95 Å². The fraction of sp³-hybridized carbons (Fsp3) is 0.286. The summed E-state index contributed by atoms with van der Waals surface area (Å²) in [6.45, 7) is 0. The number of ether oxygens (including phenoxy) is 1. The van der Waals surface area contributed by atoms with E-state index in [4.69, 9.17) is 0 Å². The van der Waals surface area contributed by atoms with Crippen LogP contribution in [0.3, 0.4) is 0 Å². The van der Waals surface area contributed by atoms with Crippen LogP contribution in [0.1, 0.15) is 10.5 Å². The van der Waals surface area contributed by atoms with Crippen LogP contribution < -0.4 is 5.32 Å². The number of carbonyl (C=O) groups is 1. The van der Waals surface area contributed by atoms with Crippen LogP contribution >= 0.6 is 15.9 Å². The summed E-state index contributed by atoms with van der Waals surface area (Å²) in [7, 11) is 2.97. The van der Waals surface area contributed by atoms with Gasteiger partial charge in [-0.15, -0.1) is 0 Å². The number of hydrogen-bond donors (Lipinski definition) is 1. The first-order valence-corrected chi connectivity index (χ1v) is 4.27. The Balaban J connectivity index is 3.11. The molecule has 0 atom stereocenters. The molecule has 0 aliphatic rings. The number of halogens is 1. The third-order valence-corrected chi connectivity index (χ3v) is 1.93. The molecule has 0 aliphatic carbocycles. The molecule has 0 aliphatic heterocycles. The number of rotatable bonds is 2. The van der Waals surface area contributed by atoms with Crippen molar-refractivity contribution in [3.8, 4) is 0 Å². The molecular formula is C7H8BrN3O2. The first-order valence-electron chi connectivity index (χ1n) is 3.47. The molecule has 0 bridgehead atoms. The van der Waals surface area contributed by atoms with Gasteiger partial charge >= 0.3 is 5.97 Å². The van der Waals surface area contributed by atoms with Gasteiger partial charge in [-0.2, -0.15) is 0 Å². The molecule has 5 nitrogen and oxygen atoms in total. The smallest absolute Gasteiger partial charge is 0.358 e. The van der Waals surface area contributed by atoms with Crippen molar-refractivity contribution in [1.82, 2.24) is 9.97 Å². The van der Waals surface area contributed by atoms with Crippen LogP contribution in [0.5, 0.6) is 0 Å². The molecule has 1 rings (SSSR count). The summed E-state index contributed by atoms with van der Waals surface area (Å²) in [5.74, 6) is -0.116. The van der Waals surface area contributed by atoms with Crippen molar-refractivity contribution in [2.75, 3.05) is 19.5 Å². The topological polar surface area (TPSA) is 64.1 Å². The van der Waals surface area contributed by atoms with E-state index >= 15 is 0 Å². The molecule has 0 saturated heterocycles. The van der Waals surface area contributed by atoms with E-state index in [0.29, 0.717) is 10.4 Å². The van der Waals surface area contributed by atoms with Gasteiger partial charge in [-0.1, -0.05) is 0 Å². The summed E-state index contributed by atoms with van der Waals surface area (Å²) in [6, 6.07) is 0. The Morgan fingerprint density at radius 2 is 2.38 bits per heavy atom. The zero-order valence-corrected chi connectivity index (χ0v) is 8.75. The molecule has 0 radical (unpaired) electrons. The number of nitrogens with one attached hydrogen (secondary N) is 1. The Morgan fingerprint density at radius 3 is 2.92 bits per heavy atom. The van der Waals surface area contributed by atoms with Crippen LogP contribution in [-0.2, 0) is 4.74 Å². The zero-order valence-electron chi connectivity index (χ0n) is 7.17. The van der Waals surface area contributed by atoms with Gasteiger partial charge in [0, 0.05) is 13.2 Å². The van der Waals surface area contributed by atoms with E-state index in [1.165, 1.54) is 13.3 Å². The van der Waals surface area contributed by atoms with Crippen molar-refractivity contribution in [3.63, 3.8) is 0 Å². The maximum atomic E-state index is 11.1. The first-order chi connectivity index (χ1) is 6.19. The molecule has 0 fully saturated rings. The van der Waals surface area contributed by atoms with Gasteiger partial charge in [0.2, 0.25) is 5.95 Å². The number of methoxy groups -OCH3 is 1. The highest BCUT2D eigenvalue weighted by atomic mass is 79.9. The Kier molecular flexibility index (Phi) is 3.18. The highest BCUT2D eigenvalue weighted by Gasteiger charge is 2.13. The quantitative estimate of drug-likeness (QED) is 0.790. The van der Waals surface area contributed by atoms with Crippen LogP contribution in [0, 0.1) is 0 Å². The van der Waals surface area contributed by atoms with Gasteiger partial charge in [0.15, 0.2) is 5.69 Å². The maximum Gasteiger partial charge on any atom is 0.358 e. The molecular weight excluding hydrogens is 238 g/mol. The van der Waals surface area contributed by atoms with E-state index in [1.54, 1.807) is 7.05 Å². The second-order valence-corrected chi connectivity index (χ2v) is 2.99. The first kappa shape index (κ1) is 9.91. The standard InChI is InChI=1S/C7H8BrN3O2/c1-9-7-10-3-4(8)5(11-7)6(12)13-2/h3H,1-2H3,(H,9,10,11). The van der Waals surface area contributed by atoms with Crippen molar-refractivity contribution in [1.29, 1.82) is 0 Å². The van der Waals surface area contributed by atoms with Gasteiger partial charge in [-0.3, -0.25) is 0 Å². The monoisotopic (exact) mass is 245 g/mol. The molecule has 1 N–H and O–H groups in total. The highest BCUT2D eigenvalue weighted by molar-refractivity contribution is 9.10. The predicted octanol–water partition coefficient (Wildman–Crippen LogP) is 1.07. The maximum absolute atomic E-state index is 11.1. The lowest BCUT2D eigenvalue weighted by molar-refractivity contribution is 0.0593. The van der Waals surface area contributed by atoms with Gasteiger partial charge in [0.1, 0.15) is 0 Å². The number of anilines is 1. The van der Waals surface area contributed by atoms with E-state index in [-0.39, 0.29) is 5.69 Å². The van der Waals surface area contributed by atoms with Crippen LogP contribution in [0.25, 0.3) is 0 Å². The molecule has 0 spiro atoms. The van der Waals surface area contributed by atoms with E-state index in [2.05, 4.69) is 36.0 Å². The Hall–Kier alpha value is -1.17. The molecule has 13 heavy (non-hydrogen) atoms. The number of esters is 1. The third-order valence-electron chi connectivity index (χ3n) is 1.35. The average molecular weight is 246 g/mol. The number of hydrogen-bond acceptors (Lipinski definition) is 5. The summed E-state index contributed by atoms with van der Waals surface area (Å²) in [5.41, 5.74) is 0.210. The Labute approximate surface area is 83.7 Å². The Morgan fingerprint density at radius 1 is 1.69 bits per heavy atom. The molecule has 0 aromatic carbocycles. The fourth-order valence-corrected chi connectivity index (χ4v) is 1.08. The molecule has 1 aromatic rings. The molecule has 6 heteroatoms. The van der Waals surface area contributed by atoms with Crippen molar-refractivity contribution < 1.29 is 9.53 Å². The summed E-state index contributed by atoms with van der Waals surface area (Å²) in [6.07, 6.45) is 1.49. The van der Waals surface area contributed by atoms with Gasteiger partial charge in [-0.25, -0.2) is 14.8 Å². The van der Waals surface area contributed by atoms with Gasteiger partial charge in [-0.05, 0) is 15.9 Å². The number of carbonyl (C=O) groups excluding carboxylic acids is 1. The lowest BCUT2D eigenvalue weighted by atomic mass is 10.4. The van der Waals surface area contributed by atoms with E-state index in [1.807, 2.05) is 0 Å². The lowest BCUT2D eigenvalue weighted by Crippen LogP contribution is -2.08. The average Bonchev–Trinajstić information content (AvgIpc) is 2.17. The van der Waals surface area contributed by atoms with E-state index in [0.717, 1.165) is 0 Å². The summed E-state index contributed by atoms with van der Waals surface area (Å²) >= 11 is 3.15. The predicted molar refractivity (Wildman–Crippen MR) is 50.6 cm³/mol. The van der Waals surface area contributed by atoms with Gasteiger partial charge in [0.25, 0.3) is 0 Å². The van der Waals surface area contributed by atoms with Crippen molar-refractivity contribution >= 4 is 27.8 Å². The van der Waals surface area contributed by atoms with E-state index in [9.17, 15) is 4.79 Å². The number of nitrogens with zero attached hydrogens (tertiary/aromatic N) is 2. The zero-order chi connectivity index (χ0) is 9.84. The minimum atomic E-state index is -0.495. The summed E-state index contributed by atoms with van der Waals surface area (Å²) in [4.78, 5) is 18.9. The van der Waals surface area contributed by atoms with Crippen molar-refractivity contribution in [2.45, 2.75) is 0 Å². The highest BCUT2D eigenvalue weighted by Crippen LogP contribution is 2.15. The molecule has 1 heterocycles. The molecule has 70 valence electrons. The second-order valence-electron chi connectivity index (χ2n) is 2.13. The van der Waals surface area contributed by atoms with Crippen molar-refractivity contribution in [2.24, 2.45) is 0 Å². The fourth-order valence-electron chi connectivity index (χ4n) is 0.727. The van der Waals surface area contributed by atoms with Crippen LogP contribution in [0.2, 0.25) is 0 Å². The summed E-state index contributed by atoms with van der Waals surface area (Å²) in [5, 5.41) is 2.72. The van der Waals surface area contributed by atoms with Crippen molar-refractivity contribution in [3.05, 3.63) is 16.4 Å². The SMILES string of the molecule is CNc1ncc(Br)c(C(=O)OC)n1. The lowest BCUT2D eigenvalue weighted by Gasteiger charge is -2.02. The van der Waals surface area contributed by atoms with Gasteiger partial charge in [0.05, 0.1) is 11.6 Å². The number of aromatic nitrogens is 2. The van der Waals surface area contributed by atoms with Gasteiger partial charge < -0.3 is 10.1 Å². The van der Waals surface area contributed by atoms with Crippen LogP contribution in [0.15, 0.2) is 10.7 Å². The molecule has 0 unspecified atom stereocenters. The Bertz CT molecular complexity index is 330. The second kappa shape index (κ2) is 4.18. The molecule has 1 aromatic heterocycles. The summed E-state index contributed by atoms with van der Waals surface area (Å²) < 4.78 is 5.04. The molecule has 0 saturated carbocycles. The largest absolute Gasteiger partial charge is 0.464 e. The molecule has 0 amide bonds. The van der Waals surface area contributed by atoms with E-state index < -0.39 is 5.97 Å². The normalized spacial score (nSPS) is 9.46. The minimum absolute atomic E-state index is 0.210. The third kappa shape index (κ3) is 2.15.